The Kier molecular flexibility index (Phi) is 5.51. The number of amides is 1. The topological polar surface area (TPSA) is 92.0 Å². The van der Waals surface area contributed by atoms with Crippen LogP contribution in [-0.2, 0) is 16.4 Å². The second-order valence-corrected chi connectivity index (χ2v) is 9.35. The van der Waals surface area contributed by atoms with Gasteiger partial charge in [-0.3, -0.25) is 4.79 Å². The molecule has 8 heteroatoms. The fourth-order valence-electron chi connectivity index (χ4n) is 3.48. The molecule has 1 amide bonds. The van der Waals surface area contributed by atoms with Crippen LogP contribution < -0.4 is 5.32 Å². The molecule has 0 atom stereocenters. The second-order valence-electron chi connectivity index (χ2n) is 7.33. The summed E-state index contributed by atoms with van der Waals surface area (Å²) in [6.07, 6.45) is 2.88. The molecule has 3 aromatic carbocycles. The van der Waals surface area contributed by atoms with Gasteiger partial charge in [-0.25, -0.2) is 12.8 Å². The fraction of sp³-hybridized carbons (Fsp3) is 0.0833. The Morgan fingerprint density at radius 3 is 2.53 bits per heavy atom. The molecule has 1 aromatic heterocycles. The summed E-state index contributed by atoms with van der Waals surface area (Å²) in [4.78, 5) is 13.2. The largest absolute Gasteiger partial charge is 0.348 e. The van der Waals surface area contributed by atoms with Gasteiger partial charge in [-0.1, -0.05) is 12.1 Å². The molecule has 0 spiro atoms. The number of hydrogen-bond acceptors (Lipinski definition) is 4. The monoisotopic (exact) mass is 447 g/mol. The van der Waals surface area contributed by atoms with Gasteiger partial charge in [-0.15, -0.1) is 0 Å². The molecule has 1 N–H and O–H groups in total. The molecule has 0 fully saturated rings. The minimum Gasteiger partial charge on any atom is -0.348 e. The number of carbonyl (C=O) groups is 1. The summed E-state index contributed by atoms with van der Waals surface area (Å²) >= 11 is 0. The lowest BCUT2D eigenvalue weighted by Crippen LogP contribution is -2.23. The third-order valence-electron chi connectivity index (χ3n) is 5.07. The Morgan fingerprint density at radius 1 is 1.09 bits per heavy atom. The Balaban J connectivity index is 1.67. The summed E-state index contributed by atoms with van der Waals surface area (Å²) in [6, 6.07) is 19.3. The second kappa shape index (κ2) is 8.29. The summed E-state index contributed by atoms with van der Waals surface area (Å²) in [7, 11) is -3.36. The number of fused-ring (bicyclic) bond motifs is 1. The van der Waals surface area contributed by atoms with Crippen LogP contribution in [-0.4, -0.2) is 25.1 Å². The zero-order chi connectivity index (χ0) is 22.9. The van der Waals surface area contributed by atoms with Crippen LogP contribution in [0, 0.1) is 17.1 Å². The molecule has 0 aliphatic heterocycles. The first-order valence-electron chi connectivity index (χ1n) is 9.64. The average Bonchev–Trinajstić information content (AvgIpc) is 3.21. The lowest BCUT2D eigenvalue weighted by molar-refractivity contribution is 0.0952. The van der Waals surface area contributed by atoms with Crippen molar-refractivity contribution in [2.45, 2.75) is 11.4 Å². The Labute approximate surface area is 184 Å². The average molecular weight is 447 g/mol. The van der Waals surface area contributed by atoms with Gasteiger partial charge in [0, 0.05) is 30.1 Å². The van der Waals surface area contributed by atoms with E-state index in [2.05, 4.69) is 11.4 Å². The third kappa shape index (κ3) is 4.24. The van der Waals surface area contributed by atoms with Crippen molar-refractivity contribution in [3.05, 3.63) is 95.4 Å². The predicted octanol–water partition coefficient (Wildman–Crippen LogP) is 3.97. The molecule has 0 bridgehead atoms. The summed E-state index contributed by atoms with van der Waals surface area (Å²) < 4.78 is 38.6. The molecule has 32 heavy (non-hydrogen) atoms. The first-order chi connectivity index (χ1) is 15.3. The molecular formula is C24H18FN3O3S. The number of sulfone groups is 1. The normalized spacial score (nSPS) is 11.3. The van der Waals surface area contributed by atoms with E-state index in [1.54, 1.807) is 47.2 Å². The molecule has 0 radical (unpaired) electrons. The van der Waals surface area contributed by atoms with Crippen molar-refractivity contribution in [3.63, 3.8) is 0 Å². The molecule has 0 saturated carbocycles. The van der Waals surface area contributed by atoms with Crippen LogP contribution in [0.3, 0.4) is 0 Å². The van der Waals surface area contributed by atoms with Crippen LogP contribution in [0.5, 0.6) is 0 Å². The fourth-order valence-corrected chi connectivity index (χ4v) is 4.18. The number of aromatic nitrogens is 1. The summed E-state index contributed by atoms with van der Waals surface area (Å²) in [5.41, 5.74) is 2.60. The van der Waals surface area contributed by atoms with Crippen LogP contribution in [0.1, 0.15) is 21.5 Å². The van der Waals surface area contributed by atoms with E-state index in [4.69, 9.17) is 0 Å². The van der Waals surface area contributed by atoms with E-state index in [1.807, 2.05) is 0 Å². The van der Waals surface area contributed by atoms with E-state index in [1.165, 1.54) is 30.3 Å². The van der Waals surface area contributed by atoms with Gasteiger partial charge < -0.3 is 9.88 Å². The number of nitrogens with zero attached hydrogens (tertiary/aromatic N) is 2. The predicted molar refractivity (Wildman–Crippen MR) is 119 cm³/mol. The molecule has 0 unspecified atom stereocenters. The van der Waals surface area contributed by atoms with Crippen molar-refractivity contribution in [3.8, 4) is 11.8 Å². The lowest BCUT2D eigenvalue weighted by Gasteiger charge is -2.10. The third-order valence-corrected chi connectivity index (χ3v) is 6.18. The van der Waals surface area contributed by atoms with Crippen LogP contribution >= 0.6 is 0 Å². The Hall–Kier alpha value is -3.96. The maximum Gasteiger partial charge on any atom is 0.252 e. The highest BCUT2D eigenvalue weighted by Gasteiger charge is 2.16. The number of halogens is 1. The number of benzene rings is 3. The zero-order valence-corrected chi connectivity index (χ0v) is 17.9. The number of carbonyl (C=O) groups excluding carboxylic acids is 1. The van der Waals surface area contributed by atoms with Crippen molar-refractivity contribution >= 4 is 26.6 Å². The molecule has 6 nitrogen and oxygen atoms in total. The molecule has 4 rings (SSSR count). The number of rotatable bonds is 5. The van der Waals surface area contributed by atoms with Gasteiger partial charge in [0.05, 0.1) is 27.6 Å². The first kappa shape index (κ1) is 21.3. The van der Waals surface area contributed by atoms with E-state index >= 15 is 0 Å². The standard InChI is InChI=1S/C24H18FN3O3S/c1-32(30,31)20-4-2-3-16(11-20)15-27-24(29)22-12-17(14-26)13-23-21(22)9-10-28(23)19-7-5-18(25)6-8-19/h2-13H,15H2,1H3,(H,27,29). The van der Waals surface area contributed by atoms with Gasteiger partial charge in [-0.05, 0) is 60.2 Å². The van der Waals surface area contributed by atoms with Crippen LogP contribution in [0.15, 0.2) is 77.8 Å². The van der Waals surface area contributed by atoms with Crippen molar-refractivity contribution < 1.29 is 17.6 Å². The van der Waals surface area contributed by atoms with Gasteiger partial charge >= 0.3 is 0 Å². The minimum atomic E-state index is -3.36. The highest BCUT2D eigenvalue weighted by Crippen LogP contribution is 2.26. The van der Waals surface area contributed by atoms with Crippen molar-refractivity contribution in [2.75, 3.05) is 6.26 Å². The zero-order valence-electron chi connectivity index (χ0n) is 17.0. The van der Waals surface area contributed by atoms with Crippen molar-refractivity contribution in [1.29, 1.82) is 5.26 Å². The van der Waals surface area contributed by atoms with Crippen LogP contribution in [0.2, 0.25) is 0 Å². The first-order valence-corrected chi connectivity index (χ1v) is 11.5. The lowest BCUT2D eigenvalue weighted by atomic mass is 10.1. The molecule has 0 aliphatic carbocycles. The van der Waals surface area contributed by atoms with Crippen LogP contribution in [0.4, 0.5) is 4.39 Å². The van der Waals surface area contributed by atoms with E-state index in [-0.39, 0.29) is 17.3 Å². The maximum absolute atomic E-state index is 13.3. The van der Waals surface area contributed by atoms with Crippen molar-refractivity contribution in [2.24, 2.45) is 0 Å². The quantitative estimate of drug-likeness (QED) is 0.501. The van der Waals surface area contributed by atoms with E-state index in [0.29, 0.717) is 33.3 Å². The maximum atomic E-state index is 13.3. The summed E-state index contributed by atoms with van der Waals surface area (Å²) in [6.45, 7) is 0.124. The van der Waals surface area contributed by atoms with Gasteiger partial charge in [0.2, 0.25) is 0 Å². The molecule has 1 heterocycles. The minimum absolute atomic E-state index is 0.124. The van der Waals surface area contributed by atoms with E-state index in [9.17, 15) is 22.9 Å². The molecule has 160 valence electrons. The van der Waals surface area contributed by atoms with Crippen molar-refractivity contribution in [1.82, 2.24) is 9.88 Å². The highest BCUT2D eigenvalue weighted by molar-refractivity contribution is 7.90. The molecular weight excluding hydrogens is 429 g/mol. The van der Waals surface area contributed by atoms with Gasteiger partial charge in [0.15, 0.2) is 9.84 Å². The van der Waals surface area contributed by atoms with Gasteiger partial charge in [0.25, 0.3) is 5.91 Å². The molecule has 4 aromatic rings. The van der Waals surface area contributed by atoms with Crippen LogP contribution in [0.25, 0.3) is 16.6 Å². The molecule has 0 aliphatic rings. The Morgan fingerprint density at radius 2 is 1.84 bits per heavy atom. The van der Waals surface area contributed by atoms with Gasteiger partial charge in [0.1, 0.15) is 5.82 Å². The SMILES string of the molecule is CS(=O)(=O)c1cccc(CNC(=O)c2cc(C#N)cc3c2ccn3-c2ccc(F)cc2)c1. The summed E-state index contributed by atoms with van der Waals surface area (Å²) in [5.74, 6) is -0.753. The van der Waals surface area contributed by atoms with E-state index < -0.39 is 15.7 Å². The highest BCUT2D eigenvalue weighted by atomic mass is 32.2. The number of hydrogen-bond donors (Lipinski definition) is 1. The van der Waals surface area contributed by atoms with E-state index in [0.717, 1.165) is 6.26 Å². The number of nitrogens with one attached hydrogen (secondary N) is 1. The number of nitriles is 1. The van der Waals surface area contributed by atoms with Gasteiger partial charge in [-0.2, -0.15) is 5.26 Å². The Bertz CT molecular complexity index is 1480. The molecule has 0 saturated heterocycles. The summed E-state index contributed by atoms with van der Waals surface area (Å²) in [5, 5.41) is 12.9. The smallest absolute Gasteiger partial charge is 0.252 e.